The lowest BCUT2D eigenvalue weighted by atomic mass is 10.1. The Kier molecular flexibility index (Phi) is 5.65. The van der Waals surface area contributed by atoms with E-state index in [1.165, 1.54) is 19.2 Å². The van der Waals surface area contributed by atoms with Gasteiger partial charge in [0.1, 0.15) is 0 Å². The first kappa shape index (κ1) is 17.6. The maximum absolute atomic E-state index is 12.2. The Morgan fingerprint density at radius 3 is 2.25 bits per heavy atom. The number of benzene rings is 2. The number of hydrogen-bond acceptors (Lipinski definition) is 4. The van der Waals surface area contributed by atoms with Crippen LogP contribution in [0.2, 0.25) is 0 Å². The number of carbonyl (C=O) groups excluding carboxylic acids is 2. The third kappa shape index (κ3) is 4.17. The predicted molar refractivity (Wildman–Crippen MR) is 97.4 cm³/mol. The minimum atomic E-state index is -0.450. The van der Waals surface area contributed by atoms with E-state index in [0.29, 0.717) is 11.1 Å². The number of ether oxygens (including phenoxy) is 1. The minimum Gasteiger partial charge on any atom is -0.465 e. The molecule has 0 aliphatic carbocycles. The molecule has 5 nitrogen and oxygen atoms in total. The second-order valence-corrected chi connectivity index (χ2v) is 5.63. The average molecular weight is 342 g/mol. The molecule has 2 aromatic rings. The summed E-state index contributed by atoms with van der Waals surface area (Å²) in [7, 11) is 1.31. The topological polar surface area (TPSA) is 67.4 Å². The summed E-state index contributed by atoms with van der Waals surface area (Å²) in [4.78, 5) is 23.6. The number of anilines is 1. The van der Waals surface area contributed by atoms with Gasteiger partial charge in [0, 0.05) is 11.3 Å². The molecule has 1 amide bonds. The molecule has 2 rings (SSSR count). The van der Waals surface area contributed by atoms with E-state index < -0.39 is 5.97 Å². The SMILES string of the molecule is COC(=O)c1ccc(C(=O)NC(=S)Nc2cccc(C)c2C)cc1. The molecular formula is C18H18N2O3S. The number of amides is 1. The van der Waals surface area contributed by atoms with Gasteiger partial charge >= 0.3 is 5.97 Å². The quantitative estimate of drug-likeness (QED) is 0.662. The molecule has 0 atom stereocenters. The molecule has 0 saturated carbocycles. The van der Waals surface area contributed by atoms with E-state index in [0.717, 1.165) is 16.8 Å². The smallest absolute Gasteiger partial charge is 0.337 e. The Morgan fingerprint density at radius 1 is 1.00 bits per heavy atom. The fraction of sp³-hybridized carbons (Fsp3) is 0.167. The Hall–Kier alpha value is -2.73. The van der Waals surface area contributed by atoms with Crippen LogP contribution in [0.5, 0.6) is 0 Å². The van der Waals surface area contributed by atoms with Crippen molar-refractivity contribution >= 4 is 34.9 Å². The Labute approximate surface area is 146 Å². The van der Waals surface area contributed by atoms with Crippen molar-refractivity contribution in [2.24, 2.45) is 0 Å². The maximum atomic E-state index is 12.2. The lowest BCUT2D eigenvalue weighted by molar-refractivity contribution is 0.0600. The largest absolute Gasteiger partial charge is 0.465 e. The first-order valence-electron chi connectivity index (χ1n) is 7.29. The molecule has 124 valence electrons. The second kappa shape index (κ2) is 7.70. The van der Waals surface area contributed by atoms with E-state index in [1.54, 1.807) is 12.1 Å². The number of esters is 1. The van der Waals surface area contributed by atoms with Crippen molar-refractivity contribution < 1.29 is 14.3 Å². The fourth-order valence-electron chi connectivity index (χ4n) is 2.09. The van der Waals surface area contributed by atoms with Crippen LogP contribution in [0, 0.1) is 13.8 Å². The molecule has 0 bridgehead atoms. The summed E-state index contributed by atoms with van der Waals surface area (Å²) >= 11 is 5.18. The van der Waals surface area contributed by atoms with Gasteiger partial charge in [0.2, 0.25) is 0 Å². The molecule has 2 aromatic carbocycles. The molecule has 0 aromatic heterocycles. The van der Waals surface area contributed by atoms with E-state index in [9.17, 15) is 9.59 Å². The van der Waals surface area contributed by atoms with Crippen molar-refractivity contribution in [3.05, 3.63) is 64.7 Å². The van der Waals surface area contributed by atoms with Gasteiger partial charge in [-0.1, -0.05) is 12.1 Å². The van der Waals surface area contributed by atoms with Crippen LogP contribution in [0.25, 0.3) is 0 Å². The first-order chi connectivity index (χ1) is 11.4. The van der Waals surface area contributed by atoms with Crippen molar-refractivity contribution in [2.45, 2.75) is 13.8 Å². The monoisotopic (exact) mass is 342 g/mol. The highest BCUT2D eigenvalue weighted by molar-refractivity contribution is 7.80. The highest BCUT2D eigenvalue weighted by atomic mass is 32.1. The van der Waals surface area contributed by atoms with E-state index in [4.69, 9.17) is 12.2 Å². The van der Waals surface area contributed by atoms with Gasteiger partial charge in [-0.3, -0.25) is 10.1 Å². The van der Waals surface area contributed by atoms with E-state index >= 15 is 0 Å². The summed E-state index contributed by atoms with van der Waals surface area (Å²) in [6.07, 6.45) is 0. The summed E-state index contributed by atoms with van der Waals surface area (Å²) in [5.74, 6) is -0.803. The zero-order chi connectivity index (χ0) is 17.7. The number of hydrogen-bond donors (Lipinski definition) is 2. The van der Waals surface area contributed by atoms with Crippen molar-refractivity contribution in [1.29, 1.82) is 0 Å². The molecule has 0 fully saturated rings. The highest BCUT2D eigenvalue weighted by Crippen LogP contribution is 2.17. The summed E-state index contributed by atoms with van der Waals surface area (Å²) in [5, 5.41) is 5.85. The molecule has 6 heteroatoms. The van der Waals surface area contributed by atoms with Crippen LogP contribution in [0.3, 0.4) is 0 Å². The van der Waals surface area contributed by atoms with Crippen LogP contribution in [-0.2, 0) is 4.74 Å². The van der Waals surface area contributed by atoms with E-state index in [-0.39, 0.29) is 11.0 Å². The first-order valence-corrected chi connectivity index (χ1v) is 7.70. The van der Waals surface area contributed by atoms with Gasteiger partial charge in [-0.15, -0.1) is 0 Å². The fourth-order valence-corrected chi connectivity index (χ4v) is 2.29. The van der Waals surface area contributed by atoms with Crippen molar-refractivity contribution in [3.8, 4) is 0 Å². The van der Waals surface area contributed by atoms with Crippen LogP contribution in [0.1, 0.15) is 31.8 Å². The number of carbonyl (C=O) groups is 2. The number of thiocarbonyl (C=S) groups is 1. The number of aryl methyl sites for hydroxylation is 1. The predicted octanol–water partition coefficient (Wildman–Crippen LogP) is 3.22. The van der Waals surface area contributed by atoms with Crippen LogP contribution in [-0.4, -0.2) is 24.1 Å². The van der Waals surface area contributed by atoms with Gasteiger partial charge in [-0.2, -0.15) is 0 Å². The standard InChI is InChI=1S/C18H18N2O3S/c1-11-5-4-6-15(12(11)2)19-18(24)20-16(21)13-7-9-14(10-8-13)17(22)23-3/h4-10H,1-3H3,(H2,19,20,21,24). The molecule has 0 radical (unpaired) electrons. The average Bonchev–Trinajstić information content (AvgIpc) is 2.58. The van der Waals surface area contributed by atoms with Gasteiger partial charge in [0.15, 0.2) is 5.11 Å². The van der Waals surface area contributed by atoms with Crippen LogP contribution in [0.4, 0.5) is 5.69 Å². The summed E-state index contributed by atoms with van der Waals surface area (Å²) in [5.41, 5.74) is 3.82. The third-order valence-corrected chi connectivity index (χ3v) is 3.85. The van der Waals surface area contributed by atoms with Crippen molar-refractivity contribution in [1.82, 2.24) is 5.32 Å². The molecule has 24 heavy (non-hydrogen) atoms. The van der Waals surface area contributed by atoms with Gasteiger partial charge in [-0.05, 0) is 67.5 Å². The minimum absolute atomic E-state index is 0.214. The van der Waals surface area contributed by atoms with Gasteiger partial charge in [0.25, 0.3) is 5.91 Å². The Balaban J connectivity index is 2.02. The molecule has 0 spiro atoms. The van der Waals surface area contributed by atoms with Crippen LogP contribution >= 0.6 is 12.2 Å². The molecular weight excluding hydrogens is 324 g/mol. The lowest BCUT2D eigenvalue weighted by Crippen LogP contribution is -2.34. The summed E-state index contributed by atoms with van der Waals surface area (Å²) in [6, 6.07) is 12.0. The van der Waals surface area contributed by atoms with Gasteiger partial charge in [0.05, 0.1) is 12.7 Å². The summed E-state index contributed by atoms with van der Waals surface area (Å²) < 4.78 is 4.62. The van der Waals surface area contributed by atoms with Crippen molar-refractivity contribution in [2.75, 3.05) is 12.4 Å². The van der Waals surface area contributed by atoms with Crippen LogP contribution in [0.15, 0.2) is 42.5 Å². The van der Waals surface area contributed by atoms with Gasteiger partial charge < -0.3 is 10.1 Å². The number of nitrogens with one attached hydrogen (secondary N) is 2. The zero-order valence-corrected chi connectivity index (χ0v) is 14.5. The normalized spacial score (nSPS) is 9.96. The Morgan fingerprint density at radius 2 is 1.62 bits per heavy atom. The van der Waals surface area contributed by atoms with E-state index in [2.05, 4.69) is 15.4 Å². The zero-order valence-electron chi connectivity index (χ0n) is 13.7. The van der Waals surface area contributed by atoms with Crippen molar-refractivity contribution in [3.63, 3.8) is 0 Å². The number of rotatable bonds is 3. The molecule has 2 N–H and O–H groups in total. The molecule has 0 unspecified atom stereocenters. The highest BCUT2D eigenvalue weighted by Gasteiger charge is 2.11. The Bertz CT molecular complexity index is 785. The summed E-state index contributed by atoms with van der Waals surface area (Å²) in [6.45, 7) is 3.98. The molecule has 0 aliphatic heterocycles. The molecule has 0 saturated heterocycles. The molecule has 0 heterocycles. The second-order valence-electron chi connectivity index (χ2n) is 5.22. The van der Waals surface area contributed by atoms with Gasteiger partial charge in [-0.25, -0.2) is 4.79 Å². The number of methoxy groups -OCH3 is 1. The lowest BCUT2D eigenvalue weighted by Gasteiger charge is -2.13. The maximum Gasteiger partial charge on any atom is 0.337 e. The van der Waals surface area contributed by atoms with E-state index in [1.807, 2.05) is 32.0 Å². The third-order valence-electron chi connectivity index (χ3n) is 3.65. The van der Waals surface area contributed by atoms with Crippen LogP contribution < -0.4 is 10.6 Å². The molecule has 0 aliphatic rings.